The fourth-order valence-corrected chi connectivity index (χ4v) is 1.83. The van der Waals surface area contributed by atoms with Crippen LogP contribution in [0.2, 0.25) is 0 Å². The van der Waals surface area contributed by atoms with Gasteiger partial charge in [0.05, 0.1) is 18.4 Å². The number of rotatable bonds is 5. The number of aryl methyl sites for hydroxylation is 2. The molecule has 0 amide bonds. The molecule has 0 saturated carbocycles. The molecule has 0 aliphatic rings. The van der Waals surface area contributed by atoms with E-state index in [1.54, 1.807) is 6.20 Å². The zero-order valence-corrected chi connectivity index (χ0v) is 10.5. The molecule has 0 aliphatic carbocycles. The van der Waals surface area contributed by atoms with Crippen molar-refractivity contribution in [3.05, 3.63) is 29.3 Å². The molecule has 2 aromatic heterocycles. The van der Waals surface area contributed by atoms with Crippen LogP contribution in [0.1, 0.15) is 17.0 Å². The van der Waals surface area contributed by atoms with Crippen LogP contribution >= 0.6 is 0 Å². The Kier molecular flexibility index (Phi) is 3.53. The fraction of sp³-hybridized carbons (Fsp3) is 0.545. The average molecular weight is 234 g/mol. The monoisotopic (exact) mass is 234 g/mol. The molecule has 92 valence electrons. The first-order valence-electron chi connectivity index (χ1n) is 5.72. The van der Waals surface area contributed by atoms with E-state index in [-0.39, 0.29) is 0 Å². The quantitative estimate of drug-likeness (QED) is 0.762. The standard InChI is InChI=1S/C11H18N6/c1-9-11(10(2)16(3)14-9)8-12-4-6-17-7-5-13-15-17/h5,7,12H,4,6,8H2,1-3H3. The number of aromatic nitrogens is 5. The molecule has 0 fully saturated rings. The molecule has 2 aromatic rings. The molecule has 2 heterocycles. The van der Waals surface area contributed by atoms with Gasteiger partial charge in [-0.25, -0.2) is 0 Å². The average Bonchev–Trinajstić information content (AvgIpc) is 2.87. The molecule has 0 unspecified atom stereocenters. The summed E-state index contributed by atoms with van der Waals surface area (Å²) >= 11 is 0. The Bertz CT molecular complexity index is 470. The van der Waals surface area contributed by atoms with Crippen molar-refractivity contribution < 1.29 is 0 Å². The predicted molar refractivity (Wildman–Crippen MR) is 64.4 cm³/mol. The lowest BCUT2D eigenvalue weighted by Gasteiger charge is -2.05. The lowest BCUT2D eigenvalue weighted by atomic mass is 10.2. The molecule has 2 rings (SSSR count). The van der Waals surface area contributed by atoms with Gasteiger partial charge in [0.2, 0.25) is 0 Å². The summed E-state index contributed by atoms with van der Waals surface area (Å²) in [6.07, 6.45) is 3.55. The third-order valence-corrected chi connectivity index (χ3v) is 2.95. The van der Waals surface area contributed by atoms with Gasteiger partial charge >= 0.3 is 0 Å². The first-order valence-corrected chi connectivity index (χ1v) is 5.72. The number of hydrogen-bond donors (Lipinski definition) is 1. The highest BCUT2D eigenvalue weighted by atomic mass is 15.4. The summed E-state index contributed by atoms with van der Waals surface area (Å²) in [6, 6.07) is 0. The van der Waals surface area contributed by atoms with Crippen LogP contribution in [0.4, 0.5) is 0 Å². The van der Waals surface area contributed by atoms with E-state index in [0.717, 1.165) is 25.3 Å². The summed E-state index contributed by atoms with van der Waals surface area (Å²) in [5.41, 5.74) is 3.60. The molecule has 0 atom stereocenters. The topological polar surface area (TPSA) is 60.6 Å². The zero-order valence-electron chi connectivity index (χ0n) is 10.5. The highest BCUT2D eigenvalue weighted by Crippen LogP contribution is 2.10. The second kappa shape index (κ2) is 5.09. The highest BCUT2D eigenvalue weighted by Gasteiger charge is 2.07. The molecule has 6 nitrogen and oxygen atoms in total. The van der Waals surface area contributed by atoms with Gasteiger partial charge in [-0.1, -0.05) is 5.21 Å². The Balaban J connectivity index is 1.82. The van der Waals surface area contributed by atoms with E-state index in [0.29, 0.717) is 0 Å². The van der Waals surface area contributed by atoms with Crippen molar-refractivity contribution in [3.8, 4) is 0 Å². The van der Waals surface area contributed by atoms with E-state index in [1.165, 1.54) is 11.3 Å². The lowest BCUT2D eigenvalue weighted by Crippen LogP contribution is -2.20. The molecule has 17 heavy (non-hydrogen) atoms. The number of nitrogens with one attached hydrogen (secondary N) is 1. The Morgan fingerprint density at radius 1 is 1.35 bits per heavy atom. The van der Waals surface area contributed by atoms with Crippen LogP contribution in [0.3, 0.4) is 0 Å². The van der Waals surface area contributed by atoms with E-state index in [1.807, 2.05) is 29.5 Å². The Morgan fingerprint density at radius 2 is 2.18 bits per heavy atom. The molecular formula is C11H18N6. The van der Waals surface area contributed by atoms with Crippen LogP contribution in [0, 0.1) is 13.8 Å². The molecule has 0 saturated heterocycles. The maximum atomic E-state index is 4.39. The van der Waals surface area contributed by atoms with Crippen molar-refractivity contribution >= 4 is 0 Å². The Labute approximate surface area is 101 Å². The van der Waals surface area contributed by atoms with Crippen molar-refractivity contribution in [2.24, 2.45) is 7.05 Å². The summed E-state index contributed by atoms with van der Waals surface area (Å²) in [5.74, 6) is 0. The van der Waals surface area contributed by atoms with Gasteiger partial charge in [0.15, 0.2) is 0 Å². The molecule has 0 bridgehead atoms. The maximum Gasteiger partial charge on any atom is 0.0692 e. The van der Waals surface area contributed by atoms with Gasteiger partial charge in [-0.15, -0.1) is 5.10 Å². The van der Waals surface area contributed by atoms with Gasteiger partial charge in [-0.2, -0.15) is 5.10 Å². The third kappa shape index (κ3) is 2.71. The molecule has 6 heteroatoms. The first kappa shape index (κ1) is 11.8. The summed E-state index contributed by atoms with van der Waals surface area (Å²) in [7, 11) is 1.97. The second-order valence-electron chi connectivity index (χ2n) is 4.12. The van der Waals surface area contributed by atoms with Crippen LogP contribution in [0.15, 0.2) is 12.4 Å². The van der Waals surface area contributed by atoms with E-state index in [2.05, 4.69) is 27.7 Å². The van der Waals surface area contributed by atoms with Crippen molar-refractivity contribution in [3.63, 3.8) is 0 Å². The van der Waals surface area contributed by atoms with Crippen molar-refractivity contribution in [1.82, 2.24) is 30.1 Å². The van der Waals surface area contributed by atoms with Gasteiger partial charge in [-0.05, 0) is 13.8 Å². The van der Waals surface area contributed by atoms with E-state index in [4.69, 9.17) is 0 Å². The molecular weight excluding hydrogens is 216 g/mol. The minimum Gasteiger partial charge on any atom is -0.311 e. The third-order valence-electron chi connectivity index (χ3n) is 2.95. The predicted octanol–water partition coefficient (Wildman–Crippen LogP) is 0.418. The van der Waals surface area contributed by atoms with E-state index in [9.17, 15) is 0 Å². The number of nitrogens with zero attached hydrogens (tertiary/aromatic N) is 5. The first-order chi connectivity index (χ1) is 8.18. The fourth-order valence-electron chi connectivity index (χ4n) is 1.83. The van der Waals surface area contributed by atoms with Crippen LogP contribution in [0.25, 0.3) is 0 Å². The van der Waals surface area contributed by atoms with Crippen LogP contribution in [-0.4, -0.2) is 31.3 Å². The lowest BCUT2D eigenvalue weighted by molar-refractivity contribution is 0.539. The van der Waals surface area contributed by atoms with Crippen LogP contribution in [0.5, 0.6) is 0 Å². The smallest absolute Gasteiger partial charge is 0.0692 e. The molecule has 0 aliphatic heterocycles. The summed E-state index contributed by atoms with van der Waals surface area (Å²) in [4.78, 5) is 0. The van der Waals surface area contributed by atoms with E-state index >= 15 is 0 Å². The van der Waals surface area contributed by atoms with Crippen LogP contribution in [-0.2, 0) is 20.1 Å². The van der Waals surface area contributed by atoms with Crippen LogP contribution < -0.4 is 5.32 Å². The van der Waals surface area contributed by atoms with Gasteiger partial charge in [0.25, 0.3) is 0 Å². The minimum atomic E-state index is 0.832. The molecule has 1 N–H and O–H groups in total. The van der Waals surface area contributed by atoms with Gasteiger partial charge in [0.1, 0.15) is 0 Å². The largest absolute Gasteiger partial charge is 0.311 e. The minimum absolute atomic E-state index is 0.832. The SMILES string of the molecule is Cc1nn(C)c(C)c1CNCCn1ccnn1. The molecule has 0 radical (unpaired) electrons. The van der Waals surface area contributed by atoms with E-state index < -0.39 is 0 Å². The summed E-state index contributed by atoms with van der Waals surface area (Å²) in [5, 5.41) is 15.5. The summed E-state index contributed by atoms with van der Waals surface area (Å²) < 4.78 is 3.74. The molecule has 0 spiro atoms. The molecule has 0 aromatic carbocycles. The highest BCUT2D eigenvalue weighted by molar-refractivity contribution is 5.23. The van der Waals surface area contributed by atoms with Crippen molar-refractivity contribution in [2.45, 2.75) is 26.9 Å². The van der Waals surface area contributed by atoms with Gasteiger partial charge < -0.3 is 5.32 Å². The zero-order chi connectivity index (χ0) is 12.3. The normalized spacial score (nSPS) is 11.0. The van der Waals surface area contributed by atoms with Gasteiger partial charge in [-0.3, -0.25) is 9.36 Å². The Morgan fingerprint density at radius 3 is 2.76 bits per heavy atom. The van der Waals surface area contributed by atoms with Crippen molar-refractivity contribution in [2.75, 3.05) is 6.54 Å². The Hall–Kier alpha value is -1.69. The summed E-state index contributed by atoms with van der Waals surface area (Å²) in [6.45, 7) is 6.69. The number of hydrogen-bond acceptors (Lipinski definition) is 4. The van der Waals surface area contributed by atoms with Crippen molar-refractivity contribution in [1.29, 1.82) is 0 Å². The maximum absolute atomic E-state index is 4.39. The second-order valence-corrected chi connectivity index (χ2v) is 4.12. The van der Waals surface area contributed by atoms with Gasteiger partial charge in [0, 0.05) is 37.6 Å².